The zero-order chi connectivity index (χ0) is 14.7. The van der Waals surface area contributed by atoms with Crippen molar-refractivity contribution in [1.82, 2.24) is 15.0 Å². The van der Waals surface area contributed by atoms with Gasteiger partial charge < -0.3 is 8.98 Å². The number of hydrogen-bond donors (Lipinski definition) is 1. The number of carbonyl (C=O) groups excluding carboxylic acids is 1. The number of fused-ring (bicyclic) bond motifs is 1. The summed E-state index contributed by atoms with van der Waals surface area (Å²) in [5.74, 6) is 0.585. The monoisotopic (exact) mass is 282 g/mol. The SMILES string of the molecule is Cc1cc(/C=N\NC(=O)Cn2cnc3ccccc32)co1. The quantitative estimate of drug-likeness (QED) is 0.588. The molecule has 0 bridgehead atoms. The van der Waals surface area contributed by atoms with E-state index in [1.807, 2.05) is 37.3 Å². The molecule has 0 atom stereocenters. The first kappa shape index (κ1) is 13.1. The van der Waals surface area contributed by atoms with E-state index in [0.717, 1.165) is 22.4 Å². The van der Waals surface area contributed by atoms with Crippen molar-refractivity contribution in [2.75, 3.05) is 0 Å². The Balaban J connectivity index is 1.63. The molecule has 0 saturated heterocycles. The number of furan rings is 1. The molecule has 2 aromatic heterocycles. The lowest BCUT2D eigenvalue weighted by Crippen LogP contribution is -2.22. The Morgan fingerprint density at radius 1 is 1.48 bits per heavy atom. The molecule has 0 saturated carbocycles. The average molecular weight is 282 g/mol. The second kappa shape index (κ2) is 5.62. The number of imidazole rings is 1. The van der Waals surface area contributed by atoms with Crippen molar-refractivity contribution in [3.63, 3.8) is 0 Å². The Hall–Kier alpha value is -2.89. The number of carbonyl (C=O) groups is 1. The molecule has 0 aliphatic carbocycles. The van der Waals surface area contributed by atoms with Crippen molar-refractivity contribution >= 4 is 23.2 Å². The van der Waals surface area contributed by atoms with Gasteiger partial charge in [0.25, 0.3) is 5.91 Å². The molecule has 0 aliphatic heterocycles. The van der Waals surface area contributed by atoms with Crippen LogP contribution in [0.5, 0.6) is 0 Å². The van der Waals surface area contributed by atoms with E-state index >= 15 is 0 Å². The third-order valence-electron chi connectivity index (χ3n) is 3.00. The zero-order valence-electron chi connectivity index (χ0n) is 11.5. The summed E-state index contributed by atoms with van der Waals surface area (Å²) in [6, 6.07) is 9.49. The molecule has 0 radical (unpaired) electrons. The fourth-order valence-corrected chi connectivity index (χ4v) is 2.04. The Labute approximate surface area is 121 Å². The highest BCUT2D eigenvalue weighted by Crippen LogP contribution is 2.11. The number of rotatable bonds is 4. The Kier molecular flexibility index (Phi) is 3.51. The Bertz CT molecular complexity index is 801. The largest absolute Gasteiger partial charge is 0.469 e. The van der Waals surface area contributed by atoms with Gasteiger partial charge >= 0.3 is 0 Å². The standard InChI is InChI=1S/C15H14N4O2/c1-11-6-12(9-21-11)7-17-18-15(20)8-19-10-16-13-4-2-3-5-14(13)19/h2-7,9-10H,8H2,1H3,(H,18,20)/b17-7-. The van der Waals surface area contributed by atoms with Crippen molar-refractivity contribution in [1.29, 1.82) is 0 Å². The van der Waals surface area contributed by atoms with E-state index in [0.29, 0.717) is 0 Å². The molecule has 0 fully saturated rings. The molecule has 3 aromatic rings. The fourth-order valence-electron chi connectivity index (χ4n) is 2.04. The highest BCUT2D eigenvalue weighted by atomic mass is 16.3. The molecule has 1 amide bonds. The summed E-state index contributed by atoms with van der Waals surface area (Å²) >= 11 is 0. The predicted molar refractivity (Wildman–Crippen MR) is 78.9 cm³/mol. The van der Waals surface area contributed by atoms with Gasteiger partial charge in [0, 0.05) is 5.56 Å². The summed E-state index contributed by atoms with van der Waals surface area (Å²) in [4.78, 5) is 16.1. The van der Waals surface area contributed by atoms with Crippen LogP contribution in [-0.4, -0.2) is 21.7 Å². The summed E-state index contributed by atoms with van der Waals surface area (Å²) < 4.78 is 6.92. The van der Waals surface area contributed by atoms with E-state index in [4.69, 9.17) is 4.42 Å². The molecule has 106 valence electrons. The van der Waals surface area contributed by atoms with Gasteiger partial charge in [0.15, 0.2) is 0 Å². The molecule has 0 unspecified atom stereocenters. The van der Waals surface area contributed by atoms with Crippen LogP contribution in [0.15, 0.2) is 52.4 Å². The molecule has 21 heavy (non-hydrogen) atoms. The first-order valence-corrected chi connectivity index (χ1v) is 6.49. The second-order valence-corrected chi connectivity index (χ2v) is 4.65. The van der Waals surface area contributed by atoms with Gasteiger partial charge in [-0.15, -0.1) is 0 Å². The summed E-state index contributed by atoms with van der Waals surface area (Å²) in [5.41, 5.74) is 5.07. The van der Waals surface area contributed by atoms with Crippen LogP contribution in [-0.2, 0) is 11.3 Å². The predicted octanol–water partition coefficient (Wildman–Crippen LogP) is 2.09. The lowest BCUT2D eigenvalue weighted by atomic mass is 10.3. The van der Waals surface area contributed by atoms with Crippen LogP contribution >= 0.6 is 0 Å². The van der Waals surface area contributed by atoms with Gasteiger partial charge in [-0.1, -0.05) is 12.1 Å². The number of aryl methyl sites for hydroxylation is 1. The van der Waals surface area contributed by atoms with Gasteiger partial charge in [0.1, 0.15) is 12.3 Å². The number of hydrogen-bond acceptors (Lipinski definition) is 4. The highest BCUT2D eigenvalue weighted by molar-refractivity contribution is 5.83. The maximum Gasteiger partial charge on any atom is 0.260 e. The Morgan fingerprint density at radius 2 is 2.33 bits per heavy atom. The van der Waals surface area contributed by atoms with E-state index in [9.17, 15) is 4.79 Å². The molecule has 6 nitrogen and oxygen atoms in total. The molecule has 3 rings (SSSR count). The number of amides is 1. The average Bonchev–Trinajstić information content (AvgIpc) is 3.06. The van der Waals surface area contributed by atoms with Gasteiger partial charge in [-0.05, 0) is 25.1 Å². The van der Waals surface area contributed by atoms with Gasteiger partial charge in [0.05, 0.1) is 29.8 Å². The van der Waals surface area contributed by atoms with E-state index in [-0.39, 0.29) is 12.5 Å². The smallest absolute Gasteiger partial charge is 0.260 e. The lowest BCUT2D eigenvalue weighted by molar-refractivity contribution is -0.121. The van der Waals surface area contributed by atoms with E-state index < -0.39 is 0 Å². The molecule has 1 aromatic carbocycles. The number of nitrogens with one attached hydrogen (secondary N) is 1. The van der Waals surface area contributed by atoms with E-state index in [1.54, 1.807) is 23.4 Å². The lowest BCUT2D eigenvalue weighted by Gasteiger charge is -2.02. The summed E-state index contributed by atoms with van der Waals surface area (Å²) in [7, 11) is 0. The molecular weight excluding hydrogens is 268 g/mol. The van der Waals surface area contributed by atoms with Crippen molar-refractivity contribution in [2.45, 2.75) is 13.5 Å². The first-order chi connectivity index (χ1) is 10.2. The second-order valence-electron chi connectivity index (χ2n) is 4.65. The molecule has 6 heteroatoms. The Morgan fingerprint density at radius 3 is 3.14 bits per heavy atom. The molecular formula is C15H14N4O2. The molecule has 2 heterocycles. The van der Waals surface area contributed by atoms with E-state index in [1.165, 1.54) is 0 Å². The fraction of sp³-hybridized carbons (Fsp3) is 0.133. The van der Waals surface area contributed by atoms with Gasteiger partial charge in [-0.25, -0.2) is 10.4 Å². The number of benzene rings is 1. The third kappa shape index (κ3) is 3.00. The zero-order valence-corrected chi connectivity index (χ0v) is 11.5. The maximum atomic E-state index is 11.9. The first-order valence-electron chi connectivity index (χ1n) is 6.49. The van der Waals surface area contributed by atoms with Crippen LogP contribution in [0, 0.1) is 6.92 Å². The van der Waals surface area contributed by atoms with Gasteiger partial charge in [-0.3, -0.25) is 4.79 Å². The van der Waals surface area contributed by atoms with Crippen molar-refractivity contribution in [3.05, 3.63) is 54.2 Å². The minimum Gasteiger partial charge on any atom is -0.469 e. The summed E-state index contributed by atoms with van der Waals surface area (Å²) in [6.07, 6.45) is 4.77. The summed E-state index contributed by atoms with van der Waals surface area (Å²) in [5, 5.41) is 3.90. The van der Waals surface area contributed by atoms with Crippen LogP contribution in [0.4, 0.5) is 0 Å². The number of nitrogens with zero attached hydrogens (tertiary/aromatic N) is 3. The van der Waals surface area contributed by atoms with Crippen molar-refractivity contribution in [2.24, 2.45) is 5.10 Å². The maximum absolute atomic E-state index is 11.9. The topological polar surface area (TPSA) is 72.4 Å². The van der Waals surface area contributed by atoms with E-state index in [2.05, 4.69) is 15.5 Å². The number of hydrazone groups is 1. The van der Waals surface area contributed by atoms with Crippen LogP contribution in [0.3, 0.4) is 0 Å². The molecule has 1 N–H and O–H groups in total. The molecule has 0 spiro atoms. The molecule has 0 aliphatic rings. The normalized spacial score (nSPS) is 11.3. The number of para-hydroxylation sites is 2. The van der Waals surface area contributed by atoms with Crippen LogP contribution < -0.4 is 5.43 Å². The summed E-state index contributed by atoms with van der Waals surface area (Å²) in [6.45, 7) is 2.02. The number of aromatic nitrogens is 2. The van der Waals surface area contributed by atoms with Gasteiger partial charge in [0.2, 0.25) is 0 Å². The van der Waals surface area contributed by atoms with Crippen LogP contribution in [0.1, 0.15) is 11.3 Å². The van der Waals surface area contributed by atoms with Crippen molar-refractivity contribution in [3.8, 4) is 0 Å². The van der Waals surface area contributed by atoms with Crippen molar-refractivity contribution < 1.29 is 9.21 Å². The van der Waals surface area contributed by atoms with Gasteiger partial charge in [-0.2, -0.15) is 5.10 Å². The van der Waals surface area contributed by atoms with Crippen LogP contribution in [0.25, 0.3) is 11.0 Å². The highest BCUT2D eigenvalue weighted by Gasteiger charge is 2.05. The minimum absolute atomic E-state index is 0.169. The third-order valence-corrected chi connectivity index (χ3v) is 3.00. The van der Waals surface area contributed by atoms with Crippen LogP contribution in [0.2, 0.25) is 0 Å². The minimum atomic E-state index is -0.213.